The van der Waals surface area contributed by atoms with Gasteiger partial charge in [0.15, 0.2) is 5.78 Å². The van der Waals surface area contributed by atoms with Gasteiger partial charge in [-0.3, -0.25) is 14.9 Å². The van der Waals surface area contributed by atoms with Gasteiger partial charge >= 0.3 is 0 Å². The number of Topliss-reactive ketones (excluding diaryl/α,β-unsaturated/α-hetero) is 1. The van der Waals surface area contributed by atoms with Crippen molar-refractivity contribution in [1.82, 2.24) is 0 Å². The molecule has 2 rings (SSSR count). The van der Waals surface area contributed by atoms with Gasteiger partial charge in [-0.15, -0.1) is 0 Å². The third kappa shape index (κ3) is 1.68. The Hall–Kier alpha value is -1.91. The molecule has 1 aromatic rings. The minimum Gasteiger partial charge on any atom is -0.375 e. The lowest BCUT2D eigenvalue weighted by Gasteiger charge is -2.04. The number of hydrogen-bond acceptors (Lipinski definition) is 4. The first kappa shape index (κ1) is 9.64. The fourth-order valence-electron chi connectivity index (χ4n) is 1.71. The summed E-state index contributed by atoms with van der Waals surface area (Å²) in [5.41, 5.74) is 1.73. The molecule has 1 aliphatic heterocycles. The Labute approximate surface area is 86.2 Å². The van der Waals surface area contributed by atoms with Gasteiger partial charge in [-0.25, -0.2) is 0 Å². The number of carbonyl (C=O) groups excluding carboxylic acids is 1. The molecule has 1 heterocycles. The van der Waals surface area contributed by atoms with E-state index >= 15 is 0 Å². The molecule has 0 aliphatic carbocycles. The van der Waals surface area contributed by atoms with Crippen LogP contribution in [0.2, 0.25) is 0 Å². The topological polar surface area (TPSA) is 72.2 Å². The highest BCUT2D eigenvalue weighted by atomic mass is 16.6. The summed E-state index contributed by atoms with van der Waals surface area (Å²) in [6, 6.07) is 4.37. The first-order valence-corrected chi connectivity index (χ1v) is 4.62. The number of nitrogens with one attached hydrogen (secondary N) is 1. The SMILES string of the molecule is CC(=O)[C@@H]1Cc2cc([N+](=O)[O-])ccc2N1. The summed E-state index contributed by atoms with van der Waals surface area (Å²) in [5, 5.41) is 13.6. The molecule has 15 heavy (non-hydrogen) atoms. The van der Waals surface area contributed by atoms with E-state index in [9.17, 15) is 14.9 Å². The number of anilines is 1. The van der Waals surface area contributed by atoms with Crippen molar-refractivity contribution < 1.29 is 9.72 Å². The second-order valence-electron chi connectivity index (χ2n) is 3.61. The molecule has 0 saturated heterocycles. The van der Waals surface area contributed by atoms with E-state index in [0.29, 0.717) is 6.42 Å². The molecule has 5 nitrogen and oxygen atoms in total. The molecule has 1 N–H and O–H groups in total. The molecule has 0 spiro atoms. The smallest absolute Gasteiger partial charge is 0.269 e. The Bertz CT molecular complexity index is 442. The highest BCUT2D eigenvalue weighted by Gasteiger charge is 2.25. The zero-order valence-electron chi connectivity index (χ0n) is 8.19. The van der Waals surface area contributed by atoms with Crippen LogP contribution in [-0.2, 0) is 11.2 Å². The van der Waals surface area contributed by atoms with Crippen molar-refractivity contribution in [3.05, 3.63) is 33.9 Å². The van der Waals surface area contributed by atoms with Crippen LogP contribution in [0.4, 0.5) is 11.4 Å². The molecule has 0 unspecified atom stereocenters. The van der Waals surface area contributed by atoms with Crippen LogP contribution in [0.25, 0.3) is 0 Å². The number of hydrogen-bond donors (Lipinski definition) is 1. The molecule has 1 aromatic carbocycles. The van der Waals surface area contributed by atoms with Crippen LogP contribution in [0, 0.1) is 10.1 Å². The Balaban J connectivity index is 2.31. The molecule has 0 aromatic heterocycles. The Morgan fingerprint density at radius 1 is 1.60 bits per heavy atom. The fraction of sp³-hybridized carbons (Fsp3) is 0.300. The molecule has 0 saturated carbocycles. The Morgan fingerprint density at radius 2 is 2.33 bits per heavy atom. The number of non-ortho nitro benzene ring substituents is 1. The summed E-state index contributed by atoms with van der Waals surface area (Å²) in [4.78, 5) is 21.2. The van der Waals surface area contributed by atoms with E-state index in [1.54, 1.807) is 6.07 Å². The highest BCUT2D eigenvalue weighted by molar-refractivity contribution is 5.87. The Kier molecular flexibility index (Phi) is 2.15. The maximum atomic E-state index is 11.1. The van der Waals surface area contributed by atoms with Crippen molar-refractivity contribution >= 4 is 17.2 Å². The zero-order valence-corrected chi connectivity index (χ0v) is 8.19. The number of nitro groups is 1. The summed E-state index contributed by atoms with van der Waals surface area (Å²) in [6.07, 6.45) is 0.534. The maximum Gasteiger partial charge on any atom is 0.269 e. The number of benzene rings is 1. The van der Waals surface area contributed by atoms with Crippen molar-refractivity contribution in [1.29, 1.82) is 0 Å². The molecule has 0 radical (unpaired) electrons. The van der Waals surface area contributed by atoms with Crippen LogP contribution in [0.15, 0.2) is 18.2 Å². The van der Waals surface area contributed by atoms with Crippen molar-refractivity contribution in [2.75, 3.05) is 5.32 Å². The predicted octanol–water partition coefficient (Wildman–Crippen LogP) is 1.52. The minimum atomic E-state index is -0.429. The van der Waals surface area contributed by atoms with Crippen LogP contribution in [-0.4, -0.2) is 16.7 Å². The van der Waals surface area contributed by atoms with Crippen LogP contribution in [0.3, 0.4) is 0 Å². The van der Waals surface area contributed by atoms with E-state index in [2.05, 4.69) is 5.32 Å². The summed E-state index contributed by atoms with van der Waals surface area (Å²) in [6.45, 7) is 1.51. The van der Waals surface area contributed by atoms with Crippen LogP contribution in [0.1, 0.15) is 12.5 Å². The normalized spacial score (nSPS) is 18.1. The van der Waals surface area contributed by atoms with Crippen LogP contribution < -0.4 is 5.32 Å². The van der Waals surface area contributed by atoms with Crippen molar-refractivity contribution in [3.63, 3.8) is 0 Å². The summed E-state index contributed by atoms with van der Waals surface area (Å²) < 4.78 is 0. The first-order chi connectivity index (χ1) is 7.08. The van der Waals surface area contributed by atoms with Crippen LogP contribution >= 0.6 is 0 Å². The first-order valence-electron chi connectivity index (χ1n) is 4.62. The molecule has 1 aliphatic rings. The monoisotopic (exact) mass is 206 g/mol. The molecule has 5 heteroatoms. The van der Waals surface area contributed by atoms with Crippen molar-refractivity contribution in [2.24, 2.45) is 0 Å². The molecular formula is C10H10N2O3. The number of rotatable bonds is 2. The fourth-order valence-corrected chi connectivity index (χ4v) is 1.71. The second-order valence-corrected chi connectivity index (χ2v) is 3.61. The van der Waals surface area contributed by atoms with Crippen molar-refractivity contribution in [3.8, 4) is 0 Å². The van der Waals surface area contributed by atoms with E-state index in [-0.39, 0.29) is 17.5 Å². The van der Waals surface area contributed by atoms with E-state index in [1.807, 2.05) is 0 Å². The standard InChI is InChI=1S/C10H10N2O3/c1-6(13)10-5-7-4-8(12(14)15)2-3-9(7)11-10/h2-4,10-11H,5H2,1H3/t10-/m0/s1. The van der Waals surface area contributed by atoms with Crippen LogP contribution in [0.5, 0.6) is 0 Å². The second kappa shape index (κ2) is 3.34. The lowest BCUT2D eigenvalue weighted by Crippen LogP contribution is -2.23. The van der Waals surface area contributed by atoms with Gasteiger partial charge in [-0.2, -0.15) is 0 Å². The quantitative estimate of drug-likeness (QED) is 0.588. The van der Waals surface area contributed by atoms with Gasteiger partial charge in [0, 0.05) is 24.2 Å². The number of carbonyl (C=O) groups is 1. The summed E-state index contributed by atoms with van der Waals surface area (Å²) in [7, 11) is 0. The third-order valence-corrected chi connectivity index (χ3v) is 2.54. The largest absolute Gasteiger partial charge is 0.375 e. The molecule has 0 amide bonds. The summed E-state index contributed by atoms with van der Waals surface area (Å²) >= 11 is 0. The van der Waals surface area contributed by atoms with Gasteiger partial charge in [0.1, 0.15) is 0 Å². The van der Waals surface area contributed by atoms with Gasteiger partial charge in [0.05, 0.1) is 11.0 Å². The zero-order chi connectivity index (χ0) is 11.0. The van der Waals surface area contributed by atoms with Gasteiger partial charge in [-0.1, -0.05) is 0 Å². The average Bonchev–Trinajstić information content (AvgIpc) is 2.59. The van der Waals surface area contributed by atoms with E-state index in [4.69, 9.17) is 0 Å². The molecule has 1 atom stereocenters. The van der Waals surface area contributed by atoms with Crippen molar-refractivity contribution in [2.45, 2.75) is 19.4 Å². The number of nitrogens with zero attached hydrogens (tertiary/aromatic N) is 1. The molecule has 0 fully saturated rings. The van der Waals surface area contributed by atoms with E-state index < -0.39 is 4.92 Å². The maximum absolute atomic E-state index is 11.1. The van der Waals surface area contributed by atoms with Gasteiger partial charge in [0.2, 0.25) is 0 Å². The number of ketones is 1. The van der Waals surface area contributed by atoms with Gasteiger partial charge < -0.3 is 5.32 Å². The van der Waals surface area contributed by atoms with E-state index in [0.717, 1.165) is 11.3 Å². The lowest BCUT2D eigenvalue weighted by molar-refractivity contribution is -0.384. The van der Waals surface area contributed by atoms with Gasteiger partial charge in [-0.05, 0) is 18.6 Å². The van der Waals surface area contributed by atoms with Gasteiger partial charge in [0.25, 0.3) is 5.69 Å². The highest BCUT2D eigenvalue weighted by Crippen LogP contribution is 2.29. The third-order valence-electron chi connectivity index (χ3n) is 2.54. The predicted molar refractivity (Wildman–Crippen MR) is 54.9 cm³/mol. The summed E-state index contributed by atoms with van der Waals surface area (Å²) in [5.74, 6) is 0.0499. The van der Waals surface area contributed by atoms with E-state index in [1.165, 1.54) is 19.1 Å². The number of fused-ring (bicyclic) bond motifs is 1. The molecule has 78 valence electrons. The Morgan fingerprint density at radius 3 is 2.93 bits per heavy atom. The number of nitro benzene ring substituents is 1. The molecule has 0 bridgehead atoms. The minimum absolute atomic E-state index is 0.0499. The average molecular weight is 206 g/mol. The molecular weight excluding hydrogens is 196 g/mol. The lowest BCUT2D eigenvalue weighted by atomic mass is 10.1.